The number of aryl methyl sites for hydroxylation is 1. The van der Waals surface area contributed by atoms with E-state index in [0.29, 0.717) is 0 Å². The third kappa shape index (κ3) is 1.25. The van der Waals surface area contributed by atoms with Crippen LogP contribution in [-0.2, 0) is 0 Å². The molecule has 1 aliphatic carbocycles. The van der Waals surface area contributed by atoms with Gasteiger partial charge in [0, 0.05) is 12.0 Å². The molecule has 14 heavy (non-hydrogen) atoms. The van der Waals surface area contributed by atoms with Gasteiger partial charge < -0.3 is 5.73 Å². The van der Waals surface area contributed by atoms with E-state index >= 15 is 0 Å². The molecule has 0 saturated heterocycles. The van der Waals surface area contributed by atoms with Crippen LogP contribution in [0.4, 0.5) is 4.39 Å². The van der Waals surface area contributed by atoms with Crippen molar-refractivity contribution in [3.05, 3.63) is 35.1 Å². The lowest BCUT2D eigenvalue weighted by atomic mass is 10.0. The molecule has 0 radical (unpaired) electrons. The summed E-state index contributed by atoms with van der Waals surface area (Å²) in [6.45, 7) is 6.15. The second-order valence-electron chi connectivity index (χ2n) is 4.85. The second-order valence-corrected chi connectivity index (χ2v) is 4.85. The SMILES string of the molecule is Cc1ccc(F)c([C@H]2[C@H](N)C2(C)C)c1. The highest BCUT2D eigenvalue weighted by Crippen LogP contribution is 2.57. The molecule has 0 unspecified atom stereocenters. The number of halogens is 1. The Bertz CT molecular complexity index is 371. The first kappa shape index (κ1) is 9.66. The van der Waals surface area contributed by atoms with Crippen molar-refractivity contribution in [1.29, 1.82) is 0 Å². The van der Waals surface area contributed by atoms with Crippen LogP contribution in [0.15, 0.2) is 18.2 Å². The Kier molecular flexibility index (Phi) is 1.93. The van der Waals surface area contributed by atoms with Crippen LogP contribution in [0.25, 0.3) is 0 Å². The van der Waals surface area contributed by atoms with Gasteiger partial charge in [-0.1, -0.05) is 31.5 Å². The molecular weight excluding hydrogens is 177 g/mol. The summed E-state index contributed by atoms with van der Waals surface area (Å²) in [6, 6.07) is 5.33. The molecule has 2 atom stereocenters. The summed E-state index contributed by atoms with van der Waals surface area (Å²) in [5.74, 6) is 0.0593. The van der Waals surface area contributed by atoms with Gasteiger partial charge in [0.15, 0.2) is 0 Å². The predicted octanol–water partition coefficient (Wildman–Crippen LogP) is 2.58. The molecule has 0 spiro atoms. The highest BCUT2D eigenvalue weighted by Gasteiger charge is 2.56. The molecule has 0 aromatic heterocycles. The van der Waals surface area contributed by atoms with Gasteiger partial charge >= 0.3 is 0 Å². The van der Waals surface area contributed by atoms with Gasteiger partial charge in [0.05, 0.1) is 0 Å². The average Bonchev–Trinajstić information content (AvgIpc) is 2.58. The topological polar surface area (TPSA) is 26.0 Å². The number of nitrogens with two attached hydrogens (primary N) is 1. The van der Waals surface area contributed by atoms with Crippen molar-refractivity contribution in [3.8, 4) is 0 Å². The predicted molar refractivity (Wildman–Crippen MR) is 55.6 cm³/mol. The van der Waals surface area contributed by atoms with Crippen molar-refractivity contribution in [3.63, 3.8) is 0 Å². The van der Waals surface area contributed by atoms with Crippen molar-refractivity contribution < 1.29 is 4.39 Å². The molecule has 0 heterocycles. The van der Waals surface area contributed by atoms with Gasteiger partial charge in [0.1, 0.15) is 5.82 Å². The molecule has 1 nitrogen and oxygen atoms in total. The van der Waals surface area contributed by atoms with E-state index < -0.39 is 0 Å². The fourth-order valence-corrected chi connectivity index (χ4v) is 2.17. The van der Waals surface area contributed by atoms with E-state index in [9.17, 15) is 4.39 Å². The molecule has 2 heteroatoms. The zero-order valence-electron chi connectivity index (χ0n) is 8.84. The number of hydrogen-bond donors (Lipinski definition) is 1. The van der Waals surface area contributed by atoms with Crippen LogP contribution in [0.3, 0.4) is 0 Å². The molecule has 1 saturated carbocycles. The Morgan fingerprint density at radius 1 is 1.36 bits per heavy atom. The van der Waals surface area contributed by atoms with Crippen LogP contribution in [0.1, 0.15) is 30.9 Å². The molecular formula is C12H16FN. The molecule has 0 bridgehead atoms. The Balaban J connectivity index is 2.39. The Morgan fingerprint density at radius 3 is 2.43 bits per heavy atom. The first-order valence-corrected chi connectivity index (χ1v) is 4.96. The molecule has 1 fully saturated rings. The van der Waals surface area contributed by atoms with E-state index in [4.69, 9.17) is 5.73 Å². The highest BCUT2D eigenvalue weighted by molar-refractivity contribution is 5.37. The number of hydrogen-bond acceptors (Lipinski definition) is 1. The zero-order chi connectivity index (χ0) is 10.5. The van der Waals surface area contributed by atoms with Gasteiger partial charge in [0.25, 0.3) is 0 Å². The van der Waals surface area contributed by atoms with Gasteiger partial charge in [0.2, 0.25) is 0 Å². The maximum Gasteiger partial charge on any atom is 0.126 e. The van der Waals surface area contributed by atoms with E-state index in [-0.39, 0.29) is 23.2 Å². The Labute approximate surface area is 84.1 Å². The quantitative estimate of drug-likeness (QED) is 0.729. The molecule has 1 aromatic carbocycles. The summed E-state index contributed by atoms with van der Waals surface area (Å²) < 4.78 is 13.5. The van der Waals surface area contributed by atoms with Crippen LogP contribution in [0.2, 0.25) is 0 Å². The largest absolute Gasteiger partial charge is 0.327 e. The van der Waals surface area contributed by atoms with Gasteiger partial charge in [-0.2, -0.15) is 0 Å². The minimum Gasteiger partial charge on any atom is -0.327 e. The van der Waals surface area contributed by atoms with E-state index in [2.05, 4.69) is 13.8 Å². The van der Waals surface area contributed by atoms with Crippen LogP contribution >= 0.6 is 0 Å². The fraction of sp³-hybridized carbons (Fsp3) is 0.500. The van der Waals surface area contributed by atoms with Crippen molar-refractivity contribution in [2.75, 3.05) is 0 Å². The Morgan fingerprint density at radius 2 is 1.93 bits per heavy atom. The summed E-state index contributed by atoms with van der Waals surface area (Å²) in [4.78, 5) is 0. The molecule has 1 aromatic rings. The standard InChI is InChI=1S/C12H16FN/c1-7-4-5-9(13)8(6-7)10-11(14)12(10,2)3/h4-6,10-11H,14H2,1-3H3/t10-,11-/m0/s1. The van der Waals surface area contributed by atoms with E-state index in [1.807, 2.05) is 13.0 Å². The fourth-order valence-electron chi connectivity index (χ4n) is 2.17. The summed E-state index contributed by atoms with van der Waals surface area (Å²) in [6.07, 6.45) is 0. The lowest BCUT2D eigenvalue weighted by Gasteiger charge is -2.05. The molecule has 0 aliphatic heterocycles. The smallest absolute Gasteiger partial charge is 0.126 e. The summed E-state index contributed by atoms with van der Waals surface area (Å²) in [7, 11) is 0. The van der Waals surface area contributed by atoms with Gasteiger partial charge in [-0.25, -0.2) is 4.39 Å². The van der Waals surface area contributed by atoms with Crippen LogP contribution in [-0.4, -0.2) is 6.04 Å². The number of rotatable bonds is 1. The lowest BCUT2D eigenvalue weighted by Crippen LogP contribution is -2.06. The first-order valence-electron chi connectivity index (χ1n) is 4.96. The normalized spacial score (nSPS) is 28.9. The van der Waals surface area contributed by atoms with Crippen molar-refractivity contribution in [1.82, 2.24) is 0 Å². The molecule has 1 aliphatic rings. The molecule has 76 valence electrons. The number of benzene rings is 1. The van der Waals surface area contributed by atoms with Crippen molar-refractivity contribution >= 4 is 0 Å². The zero-order valence-corrected chi connectivity index (χ0v) is 8.84. The minimum absolute atomic E-state index is 0.0502. The van der Waals surface area contributed by atoms with Crippen molar-refractivity contribution in [2.24, 2.45) is 11.1 Å². The summed E-state index contributed by atoms with van der Waals surface area (Å²) in [5, 5.41) is 0. The average molecular weight is 193 g/mol. The minimum atomic E-state index is -0.123. The second kappa shape index (κ2) is 2.80. The maximum atomic E-state index is 13.5. The van der Waals surface area contributed by atoms with E-state index in [0.717, 1.165) is 11.1 Å². The molecule has 2 N–H and O–H groups in total. The summed E-state index contributed by atoms with van der Waals surface area (Å²) >= 11 is 0. The first-order chi connectivity index (χ1) is 6.44. The maximum absolute atomic E-state index is 13.5. The van der Waals surface area contributed by atoms with E-state index in [1.165, 1.54) is 6.07 Å². The van der Waals surface area contributed by atoms with Crippen molar-refractivity contribution in [2.45, 2.75) is 32.7 Å². The van der Waals surface area contributed by atoms with Crippen LogP contribution in [0, 0.1) is 18.2 Å². The molecule has 0 amide bonds. The van der Waals surface area contributed by atoms with Crippen LogP contribution in [0.5, 0.6) is 0 Å². The monoisotopic (exact) mass is 193 g/mol. The van der Waals surface area contributed by atoms with Crippen LogP contribution < -0.4 is 5.73 Å². The Hall–Kier alpha value is -0.890. The third-order valence-electron chi connectivity index (χ3n) is 3.40. The van der Waals surface area contributed by atoms with Gasteiger partial charge in [-0.15, -0.1) is 0 Å². The van der Waals surface area contributed by atoms with Gasteiger partial charge in [-0.3, -0.25) is 0 Å². The lowest BCUT2D eigenvalue weighted by molar-refractivity contribution is 0.571. The summed E-state index contributed by atoms with van der Waals surface area (Å²) in [5.41, 5.74) is 7.85. The highest BCUT2D eigenvalue weighted by atomic mass is 19.1. The third-order valence-corrected chi connectivity index (χ3v) is 3.40. The van der Waals surface area contributed by atoms with E-state index in [1.54, 1.807) is 6.07 Å². The molecule has 2 rings (SSSR count). The van der Waals surface area contributed by atoms with Gasteiger partial charge in [-0.05, 0) is 24.0 Å².